The van der Waals surface area contributed by atoms with E-state index in [9.17, 15) is 0 Å². The van der Waals surface area contributed by atoms with Crippen molar-refractivity contribution < 1.29 is 0 Å². The van der Waals surface area contributed by atoms with E-state index in [-0.39, 0.29) is 6.04 Å². The van der Waals surface area contributed by atoms with E-state index in [0.29, 0.717) is 0 Å². The van der Waals surface area contributed by atoms with Crippen LogP contribution in [0, 0.1) is 0 Å². The molecule has 0 unspecified atom stereocenters. The van der Waals surface area contributed by atoms with Gasteiger partial charge in [-0.15, -0.1) is 0 Å². The normalized spacial score (nSPS) is 12.9. The molecule has 0 aromatic heterocycles. The van der Waals surface area contributed by atoms with Gasteiger partial charge in [0.1, 0.15) is 0 Å². The fraction of sp³-hybridized carbons (Fsp3) is 0.667. The van der Waals surface area contributed by atoms with Crippen LogP contribution < -0.4 is 11.1 Å². The van der Waals surface area contributed by atoms with E-state index < -0.39 is 0 Å². The minimum atomic E-state index is 0.111. The molecule has 0 aliphatic carbocycles. The summed E-state index contributed by atoms with van der Waals surface area (Å²) in [7, 11) is 1.83. The lowest BCUT2D eigenvalue weighted by Gasteiger charge is -2.10. The highest BCUT2D eigenvalue weighted by atomic mass is 14.9. The quantitative estimate of drug-likeness (QED) is 0.559. The third kappa shape index (κ3) is 1.98. The van der Waals surface area contributed by atoms with Gasteiger partial charge in [-0.05, 0) is 6.42 Å². The summed E-state index contributed by atoms with van der Waals surface area (Å²) in [4.78, 5) is 0. The zero-order chi connectivity index (χ0) is 6.57. The molecule has 3 N–H and O–H groups in total. The molecular weight excluding hydrogens is 100 g/mol. The van der Waals surface area contributed by atoms with Gasteiger partial charge in [0, 0.05) is 18.8 Å². The Morgan fingerprint density at radius 1 is 1.88 bits per heavy atom. The molecule has 0 aromatic carbocycles. The monoisotopic (exact) mass is 114 g/mol. The van der Waals surface area contributed by atoms with Gasteiger partial charge in [-0.1, -0.05) is 13.5 Å². The van der Waals surface area contributed by atoms with Crippen molar-refractivity contribution in [3.63, 3.8) is 0 Å². The lowest BCUT2D eigenvalue weighted by Crippen LogP contribution is -2.27. The minimum absolute atomic E-state index is 0.111. The molecule has 1 atom stereocenters. The van der Waals surface area contributed by atoms with Crippen molar-refractivity contribution in [1.82, 2.24) is 5.32 Å². The van der Waals surface area contributed by atoms with E-state index in [0.717, 1.165) is 12.1 Å². The second-order valence-electron chi connectivity index (χ2n) is 1.79. The Hall–Kier alpha value is -0.500. The van der Waals surface area contributed by atoms with Crippen molar-refractivity contribution in [2.75, 3.05) is 7.05 Å². The first-order valence-corrected chi connectivity index (χ1v) is 2.84. The Bertz CT molecular complexity index is 78.6. The molecular formula is C6H14N2. The number of rotatable bonds is 3. The molecule has 0 rings (SSSR count). The largest absolute Gasteiger partial charge is 0.391 e. The van der Waals surface area contributed by atoms with Crippen LogP contribution in [0.2, 0.25) is 0 Å². The molecule has 0 spiro atoms. The van der Waals surface area contributed by atoms with E-state index in [2.05, 4.69) is 11.9 Å². The third-order valence-electron chi connectivity index (χ3n) is 1.21. The topological polar surface area (TPSA) is 38.0 Å². The maximum Gasteiger partial charge on any atom is 0.0435 e. The van der Waals surface area contributed by atoms with Crippen LogP contribution in [-0.2, 0) is 0 Å². The van der Waals surface area contributed by atoms with Gasteiger partial charge in [-0.25, -0.2) is 0 Å². The molecule has 2 nitrogen and oxygen atoms in total. The van der Waals surface area contributed by atoms with Gasteiger partial charge in [-0.3, -0.25) is 0 Å². The van der Waals surface area contributed by atoms with Crippen molar-refractivity contribution in [1.29, 1.82) is 0 Å². The van der Waals surface area contributed by atoms with Crippen LogP contribution in [0.1, 0.15) is 13.3 Å². The SMILES string of the molecule is C=C(NC)[C@@H](N)CC. The molecule has 8 heavy (non-hydrogen) atoms. The summed E-state index contributed by atoms with van der Waals surface area (Å²) in [6.45, 7) is 5.74. The smallest absolute Gasteiger partial charge is 0.0435 e. The second kappa shape index (κ2) is 3.50. The molecule has 0 fully saturated rings. The van der Waals surface area contributed by atoms with Gasteiger partial charge in [0.15, 0.2) is 0 Å². The first-order valence-electron chi connectivity index (χ1n) is 2.84. The lowest BCUT2D eigenvalue weighted by molar-refractivity contribution is 0.692. The number of nitrogens with one attached hydrogen (secondary N) is 1. The van der Waals surface area contributed by atoms with Crippen molar-refractivity contribution >= 4 is 0 Å². The molecule has 0 saturated heterocycles. The molecule has 0 heterocycles. The fourth-order valence-corrected chi connectivity index (χ4v) is 0.432. The van der Waals surface area contributed by atoms with Gasteiger partial charge in [0.05, 0.1) is 0 Å². The Balaban J connectivity index is 3.46. The zero-order valence-electron chi connectivity index (χ0n) is 5.57. The summed E-state index contributed by atoms with van der Waals surface area (Å²) in [6.07, 6.45) is 0.944. The first-order chi connectivity index (χ1) is 3.72. The molecule has 0 aliphatic heterocycles. The summed E-state index contributed by atoms with van der Waals surface area (Å²) < 4.78 is 0. The summed E-state index contributed by atoms with van der Waals surface area (Å²) >= 11 is 0. The lowest BCUT2D eigenvalue weighted by atomic mass is 10.2. The molecule has 0 bridgehead atoms. The number of hydrogen-bond donors (Lipinski definition) is 2. The van der Waals surface area contributed by atoms with Gasteiger partial charge >= 0.3 is 0 Å². The first kappa shape index (κ1) is 7.50. The molecule has 0 aliphatic rings. The van der Waals surface area contributed by atoms with Crippen LogP contribution in [0.4, 0.5) is 0 Å². The zero-order valence-corrected chi connectivity index (χ0v) is 5.57. The van der Waals surface area contributed by atoms with Crippen LogP contribution in [-0.4, -0.2) is 13.1 Å². The Morgan fingerprint density at radius 2 is 2.38 bits per heavy atom. The van der Waals surface area contributed by atoms with Crippen molar-refractivity contribution in [2.24, 2.45) is 5.73 Å². The third-order valence-corrected chi connectivity index (χ3v) is 1.21. The van der Waals surface area contributed by atoms with Crippen LogP contribution in [0.5, 0.6) is 0 Å². The summed E-state index contributed by atoms with van der Waals surface area (Å²) in [6, 6.07) is 0.111. The van der Waals surface area contributed by atoms with Gasteiger partial charge in [0.25, 0.3) is 0 Å². The summed E-state index contributed by atoms with van der Waals surface area (Å²) in [5, 5.41) is 2.90. The van der Waals surface area contributed by atoms with Crippen LogP contribution >= 0.6 is 0 Å². The van der Waals surface area contributed by atoms with E-state index in [1.54, 1.807) is 0 Å². The Labute approximate surface area is 50.8 Å². The Morgan fingerprint density at radius 3 is 2.50 bits per heavy atom. The van der Waals surface area contributed by atoms with Crippen LogP contribution in [0.15, 0.2) is 12.3 Å². The van der Waals surface area contributed by atoms with Gasteiger partial charge in [0.2, 0.25) is 0 Å². The number of likely N-dealkylation sites (N-methyl/N-ethyl adjacent to an activating group) is 1. The van der Waals surface area contributed by atoms with Crippen LogP contribution in [0.3, 0.4) is 0 Å². The maximum atomic E-state index is 5.56. The minimum Gasteiger partial charge on any atom is -0.391 e. The van der Waals surface area contributed by atoms with E-state index >= 15 is 0 Å². The highest BCUT2D eigenvalue weighted by molar-refractivity contribution is 4.99. The van der Waals surface area contributed by atoms with E-state index in [1.807, 2.05) is 14.0 Å². The predicted molar refractivity (Wildman–Crippen MR) is 36.5 cm³/mol. The second-order valence-corrected chi connectivity index (χ2v) is 1.79. The van der Waals surface area contributed by atoms with Crippen LogP contribution in [0.25, 0.3) is 0 Å². The standard InChI is InChI=1S/C6H14N2/c1-4-6(7)5(2)8-3/h6,8H,2,4,7H2,1,3H3/t6-/m0/s1. The maximum absolute atomic E-state index is 5.56. The van der Waals surface area contributed by atoms with E-state index in [4.69, 9.17) is 5.73 Å². The molecule has 0 saturated carbocycles. The average molecular weight is 114 g/mol. The molecule has 2 heteroatoms. The Kier molecular flexibility index (Phi) is 3.28. The average Bonchev–Trinajstić information content (AvgIpc) is 1.84. The van der Waals surface area contributed by atoms with Crippen molar-refractivity contribution in [2.45, 2.75) is 19.4 Å². The van der Waals surface area contributed by atoms with Gasteiger partial charge in [-0.2, -0.15) is 0 Å². The highest BCUT2D eigenvalue weighted by Gasteiger charge is 1.98. The van der Waals surface area contributed by atoms with Gasteiger partial charge < -0.3 is 11.1 Å². The summed E-state index contributed by atoms with van der Waals surface area (Å²) in [5.41, 5.74) is 6.47. The molecule has 0 radical (unpaired) electrons. The predicted octanol–water partition coefficient (Wildman–Crippen LogP) is 0.457. The van der Waals surface area contributed by atoms with Crippen molar-refractivity contribution in [3.8, 4) is 0 Å². The molecule has 0 amide bonds. The number of nitrogens with two attached hydrogens (primary N) is 1. The summed E-state index contributed by atoms with van der Waals surface area (Å²) in [5.74, 6) is 0. The number of hydrogen-bond acceptors (Lipinski definition) is 2. The fourth-order valence-electron chi connectivity index (χ4n) is 0.432. The van der Waals surface area contributed by atoms with E-state index in [1.165, 1.54) is 0 Å². The van der Waals surface area contributed by atoms with Crippen molar-refractivity contribution in [3.05, 3.63) is 12.3 Å². The molecule has 48 valence electrons. The highest BCUT2D eigenvalue weighted by Crippen LogP contribution is 1.93. The molecule has 0 aromatic rings.